The fourth-order valence-electron chi connectivity index (χ4n) is 1.81. The molecule has 0 aromatic heterocycles. The normalized spacial score (nSPS) is 11.8. The highest BCUT2D eigenvalue weighted by atomic mass is 16.2. The van der Waals surface area contributed by atoms with E-state index >= 15 is 0 Å². The minimum atomic E-state index is -0.0815. The smallest absolute Gasteiger partial charge is 0.251 e. The van der Waals surface area contributed by atoms with Crippen molar-refractivity contribution in [3.63, 3.8) is 0 Å². The zero-order chi connectivity index (χ0) is 15.7. The lowest BCUT2D eigenvalue weighted by Gasteiger charge is -2.08. The Morgan fingerprint density at radius 2 is 2.05 bits per heavy atom. The molecule has 1 aromatic rings. The molecule has 0 radical (unpaired) electrons. The van der Waals surface area contributed by atoms with E-state index in [-0.39, 0.29) is 17.9 Å². The van der Waals surface area contributed by atoms with Crippen molar-refractivity contribution in [1.29, 1.82) is 0 Å². The van der Waals surface area contributed by atoms with Crippen LogP contribution in [0.1, 0.15) is 49.0 Å². The van der Waals surface area contributed by atoms with Gasteiger partial charge in [-0.1, -0.05) is 19.1 Å². The Hall–Kier alpha value is -1.88. The van der Waals surface area contributed by atoms with Crippen molar-refractivity contribution in [3.05, 3.63) is 35.4 Å². The Morgan fingerprint density at radius 1 is 1.29 bits per heavy atom. The summed E-state index contributed by atoms with van der Waals surface area (Å²) in [6.07, 6.45) is 2.00. The quantitative estimate of drug-likeness (QED) is 0.679. The maximum atomic E-state index is 11.9. The summed E-state index contributed by atoms with van der Waals surface area (Å²) in [5.41, 5.74) is 7.14. The SMILES string of the molecule is CCCNC(=O)c1cccc(CNC(=O)CCC(C)N)c1. The van der Waals surface area contributed by atoms with Gasteiger partial charge in [-0.05, 0) is 37.5 Å². The molecule has 2 amide bonds. The lowest BCUT2D eigenvalue weighted by molar-refractivity contribution is -0.121. The molecule has 0 heterocycles. The third-order valence-corrected chi connectivity index (χ3v) is 3.04. The highest BCUT2D eigenvalue weighted by Gasteiger charge is 2.07. The first-order chi connectivity index (χ1) is 10.0. The first-order valence-electron chi connectivity index (χ1n) is 7.42. The van der Waals surface area contributed by atoms with E-state index in [2.05, 4.69) is 10.6 Å². The Kier molecular flexibility index (Phi) is 7.46. The molecule has 5 heteroatoms. The summed E-state index contributed by atoms with van der Waals surface area (Å²) in [7, 11) is 0. The standard InChI is InChI=1S/C16H25N3O2/c1-3-9-18-16(21)14-6-4-5-13(10-14)11-19-15(20)8-7-12(2)17/h4-6,10,12H,3,7-9,11,17H2,1-2H3,(H,18,21)(H,19,20). The topological polar surface area (TPSA) is 84.2 Å². The molecule has 21 heavy (non-hydrogen) atoms. The second kappa shape index (κ2) is 9.13. The molecule has 0 bridgehead atoms. The summed E-state index contributed by atoms with van der Waals surface area (Å²) in [5, 5.41) is 5.67. The third kappa shape index (κ3) is 6.90. The van der Waals surface area contributed by atoms with E-state index in [4.69, 9.17) is 5.73 Å². The molecule has 0 aliphatic heterocycles. The molecule has 0 fully saturated rings. The van der Waals surface area contributed by atoms with Crippen LogP contribution in [-0.4, -0.2) is 24.4 Å². The fourth-order valence-corrected chi connectivity index (χ4v) is 1.81. The summed E-state index contributed by atoms with van der Waals surface area (Å²) < 4.78 is 0. The number of amides is 2. The van der Waals surface area contributed by atoms with Crippen molar-refractivity contribution in [1.82, 2.24) is 10.6 Å². The molecule has 0 aliphatic rings. The molecular formula is C16H25N3O2. The molecular weight excluding hydrogens is 266 g/mol. The van der Waals surface area contributed by atoms with E-state index < -0.39 is 0 Å². The van der Waals surface area contributed by atoms with Crippen LogP contribution in [0.5, 0.6) is 0 Å². The van der Waals surface area contributed by atoms with Crippen LogP contribution in [0.2, 0.25) is 0 Å². The Labute approximate surface area is 126 Å². The highest BCUT2D eigenvalue weighted by molar-refractivity contribution is 5.94. The van der Waals surface area contributed by atoms with Gasteiger partial charge in [0.15, 0.2) is 0 Å². The van der Waals surface area contributed by atoms with Crippen molar-refractivity contribution in [2.75, 3.05) is 6.54 Å². The Morgan fingerprint density at radius 3 is 2.71 bits per heavy atom. The molecule has 1 aromatic carbocycles. The molecule has 116 valence electrons. The Bertz CT molecular complexity index is 472. The zero-order valence-electron chi connectivity index (χ0n) is 12.8. The van der Waals surface area contributed by atoms with Crippen molar-refractivity contribution < 1.29 is 9.59 Å². The number of benzene rings is 1. The lowest BCUT2D eigenvalue weighted by Crippen LogP contribution is -2.26. The van der Waals surface area contributed by atoms with Gasteiger partial charge in [0, 0.05) is 31.1 Å². The predicted octanol–water partition coefficient (Wildman–Crippen LogP) is 1.57. The van der Waals surface area contributed by atoms with E-state index in [0.29, 0.717) is 31.5 Å². The number of nitrogens with one attached hydrogen (secondary N) is 2. The van der Waals surface area contributed by atoms with Crippen molar-refractivity contribution >= 4 is 11.8 Å². The number of carbonyl (C=O) groups is 2. The zero-order valence-corrected chi connectivity index (χ0v) is 12.8. The van der Waals surface area contributed by atoms with Crippen LogP contribution in [-0.2, 0) is 11.3 Å². The number of nitrogens with two attached hydrogens (primary N) is 1. The van der Waals surface area contributed by atoms with Gasteiger partial charge in [0.2, 0.25) is 5.91 Å². The highest BCUT2D eigenvalue weighted by Crippen LogP contribution is 2.05. The first kappa shape index (κ1) is 17.2. The first-order valence-corrected chi connectivity index (χ1v) is 7.42. The lowest BCUT2D eigenvalue weighted by atomic mass is 10.1. The molecule has 1 rings (SSSR count). The second-order valence-electron chi connectivity index (χ2n) is 5.25. The number of hydrogen-bond acceptors (Lipinski definition) is 3. The van der Waals surface area contributed by atoms with Crippen molar-refractivity contribution in [2.24, 2.45) is 5.73 Å². The summed E-state index contributed by atoms with van der Waals surface area (Å²) in [4.78, 5) is 23.5. The van der Waals surface area contributed by atoms with Gasteiger partial charge in [0.25, 0.3) is 5.91 Å². The van der Waals surface area contributed by atoms with E-state index in [1.807, 2.05) is 26.0 Å². The molecule has 0 spiro atoms. The van der Waals surface area contributed by atoms with Gasteiger partial charge >= 0.3 is 0 Å². The third-order valence-electron chi connectivity index (χ3n) is 3.04. The van der Waals surface area contributed by atoms with Gasteiger partial charge in [-0.3, -0.25) is 9.59 Å². The van der Waals surface area contributed by atoms with Crippen LogP contribution in [0.25, 0.3) is 0 Å². The molecule has 0 aliphatic carbocycles. The van der Waals surface area contributed by atoms with Gasteiger partial charge in [-0.15, -0.1) is 0 Å². The number of rotatable bonds is 8. The molecule has 0 saturated heterocycles. The fraction of sp³-hybridized carbons (Fsp3) is 0.500. The van der Waals surface area contributed by atoms with Crippen LogP contribution in [0.15, 0.2) is 24.3 Å². The van der Waals surface area contributed by atoms with Gasteiger partial charge in [-0.2, -0.15) is 0 Å². The molecule has 1 unspecified atom stereocenters. The summed E-state index contributed by atoms with van der Waals surface area (Å²) >= 11 is 0. The van der Waals surface area contributed by atoms with E-state index in [1.54, 1.807) is 12.1 Å². The monoisotopic (exact) mass is 291 g/mol. The van der Waals surface area contributed by atoms with Crippen molar-refractivity contribution in [3.8, 4) is 0 Å². The van der Waals surface area contributed by atoms with Gasteiger partial charge in [-0.25, -0.2) is 0 Å². The molecule has 1 atom stereocenters. The van der Waals surface area contributed by atoms with E-state index in [9.17, 15) is 9.59 Å². The molecule has 5 nitrogen and oxygen atoms in total. The van der Waals surface area contributed by atoms with Crippen LogP contribution < -0.4 is 16.4 Å². The second-order valence-corrected chi connectivity index (χ2v) is 5.25. The minimum absolute atomic E-state index is 0.0202. The predicted molar refractivity (Wildman–Crippen MR) is 83.8 cm³/mol. The van der Waals surface area contributed by atoms with Gasteiger partial charge in [0.05, 0.1) is 0 Å². The molecule has 4 N–H and O–H groups in total. The maximum absolute atomic E-state index is 11.9. The largest absolute Gasteiger partial charge is 0.352 e. The van der Waals surface area contributed by atoms with Gasteiger partial charge < -0.3 is 16.4 Å². The van der Waals surface area contributed by atoms with E-state index in [1.165, 1.54) is 0 Å². The van der Waals surface area contributed by atoms with Crippen LogP contribution in [0.4, 0.5) is 0 Å². The average molecular weight is 291 g/mol. The van der Waals surface area contributed by atoms with Crippen LogP contribution >= 0.6 is 0 Å². The number of carbonyl (C=O) groups excluding carboxylic acids is 2. The van der Waals surface area contributed by atoms with Crippen molar-refractivity contribution in [2.45, 2.75) is 45.7 Å². The van der Waals surface area contributed by atoms with Gasteiger partial charge in [0.1, 0.15) is 0 Å². The maximum Gasteiger partial charge on any atom is 0.251 e. The molecule has 0 saturated carbocycles. The minimum Gasteiger partial charge on any atom is -0.352 e. The summed E-state index contributed by atoms with van der Waals surface area (Å²) in [5.74, 6) is -0.102. The van der Waals surface area contributed by atoms with Crippen LogP contribution in [0, 0.1) is 0 Å². The number of hydrogen-bond donors (Lipinski definition) is 3. The summed E-state index contributed by atoms with van der Waals surface area (Å²) in [6, 6.07) is 7.32. The van der Waals surface area contributed by atoms with E-state index in [0.717, 1.165) is 12.0 Å². The Balaban J connectivity index is 2.49. The average Bonchev–Trinajstić information content (AvgIpc) is 2.48. The summed E-state index contributed by atoms with van der Waals surface area (Å²) in [6.45, 7) is 4.98. The van der Waals surface area contributed by atoms with Crippen LogP contribution in [0.3, 0.4) is 0 Å².